The Morgan fingerprint density at radius 2 is 0.946 bits per heavy atom. The third-order valence-electron chi connectivity index (χ3n) is 11.6. The van der Waals surface area contributed by atoms with Gasteiger partial charge in [0, 0.05) is 38.6 Å². The van der Waals surface area contributed by atoms with E-state index in [1.165, 1.54) is 66.0 Å². The van der Waals surface area contributed by atoms with Gasteiger partial charge in [0.1, 0.15) is 0 Å². The van der Waals surface area contributed by atoms with Gasteiger partial charge in [-0.25, -0.2) is 15.0 Å². The van der Waals surface area contributed by atoms with Gasteiger partial charge >= 0.3 is 0 Å². The lowest BCUT2D eigenvalue weighted by atomic mass is 9.81. The van der Waals surface area contributed by atoms with Crippen LogP contribution in [0.5, 0.6) is 0 Å². The van der Waals surface area contributed by atoms with Crippen molar-refractivity contribution in [1.82, 2.24) is 19.5 Å². The number of hydrogen-bond acceptors (Lipinski definition) is 3. The van der Waals surface area contributed by atoms with Crippen molar-refractivity contribution < 1.29 is 0 Å². The van der Waals surface area contributed by atoms with Gasteiger partial charge in [-0.05, 0) is 74.5 Å². The molecule has 2 heterocycles. The molecule has 1 aliphatic carbocycles. The lowest BCUT2D eigenvalue weighted by Gasteiger charge is -2.23. The zero-order chi connectivity index (χ0) is 37.4. The first-order valence-electron chi connectivity index (χ1n) is 19.2. The van der Waals surface area contributed by atoms with Crippen LogP contribution >= 0.6 is 0 Å². The Kier molecular flexibility index (Phi) is 7.17. The summed E-state index contributed by atoms with van der Waals surface area (Å²) in [5, 5.41) is 5.06. The molecule has 0 bridgehead atoms. The lowest BCUT2D eigenvalue weighted by Crippen LogP contribution is -2.15. The van der Waals surface area contributed by atoms with Crippen LogP contribution in [0.4, 0.5) is 0 Å². The second kappa shape index (κ2) is 12.4. The zero-order valence-corrected chi connectivity index (χ0v) is 31.1. The van der Waals surface area contributed by atoms with E-state index in [2.05, 4.69) is 164 Å². The maximum atomic E-state index is 5.05. The van der Waals surface area contributed by atoms with Crippen LogP contribution < -0.4 is 0 Å². The molecule has 0 N–H and O–H groups in total. The Labute approximate surface area is 325 Å². The van der Waals surface area contributed by atoms with Crippen molar-refractivity contribution in [3.63, 3.8) is 0 Å². The first-order valence-corrected chi connectivity index (χ1v) is 19.2. The molecule has 0 atom stereocenters. The summed E-state index contributed by atoms with van der Waals surface area (Å²) in [6.45, 7) is 4.69. The predicted molar refractivity (Wildman–Crippen MR) is 231 cm³/mol. The van der Waals surface area contributed by atoms with Gasteiger partial charge in [0.05, 0.1) is 11.0 Å². The molecule has 0 spiro atoms. The van der Waals surface area contributed by atoms with Gasteiger partial charge < -0.3 is 4.57 Å². The fourth-order valence-corrected chi connectivity index (χ4v) is 8.82. The molecule has 0 saturated carbocycles. The van der Waals surface area contributed by atoms with Crippen molar-refractivity contribution in [2.45, 2.75) is 19.3 Å². The van der Waals surface area contributed by atoms with Crippen molar-refractivity contribution in [3.8, 4) is 62.1 Å². The number of fused-ring (bicyclic) bond motifs is 8. The van der Waals surface area contributed by atoms with E-state index in [0.29, 0.717) is 17.5 Å². The van der Waals surface area contributed by atoms with Crippen LogP contribution in [-0.4, -0.2) is 19.5 Å². The maximum absolute atomic E-state index is 5.05. The summed E-state index contributed by atoms with van der Waals surface area (Å²) >= 11 is 0. The highest BCUT2D eigenvalue weighted by Crippen LogP contribution is 2.51. The molecule has 0 radical (unpaired) electrons. The Morgan fingerprint density at radius 1 is 0.393 bits per heavy atom. The molecule has 0 aliphatic heterocycles. The SMILES string of the molecule is CC1(C)c2cc(-c3nc(-c4ccccc4)nc(-c4ccccc4)n3)ccc2-c2ccc(-n3c4cc(-c5ccccc5)ccc4c4c5ccccc5ccc43)cc21. The van der Waals surface area contributed by atoms with Crippen LogP contribution in [0.1, 0.15) is 25.0 Å². The molecule has 4 nitrogen and oxygen atoms in total. The van der Waals surface area contributed by atoms with E-state index in [0.717, 1.165) is 22.4 Å². The molecule has 11 rings (SSSR count). The number of hydrogen-bond donors (Lipinski definition) is 0. The standard InChI is InChI=1S/C52H36N4/c1-52(2)44-30-38(51-54-49(35-17-8-4-9-18-35)53-50(55-51)36-19-10-5-11-20-36)23-26-41(44)42-28-25-39(32-45(42)52)56-46-29-24-34-16-12-13-21-40(34)48(46)43-27-22-37(31-47(43)56)33-14-6-3-7-15-33/h3-32H,1-2H3. The molecular formula is C52H36N4. The van der Waals surface area contributed by atoms with Gasteiger partial charge in [-0.2, -0.15) is 0 Å². The van der Waals surface area contributed by atoms with Crippen LogP contribution in [0.25, 0.3) is 94.7 Å². The van der Waals surface area contributed by atoms with E-state index in [4.69, 9.17) is 15.0 Å². The Morgan fingerprint density at radius 3 is 1.62 bits per heavy atom. The van der Waals surface area contributed by atoms with E-state index in [9.17, 15) is 0 Å². The fourth-order valence-electron chi connectivity index (χ4n) is 8.82. The molecule has 264 valence electrons. The highest BCUT2D eigenvalue weighted by molar-refractivity contribution is 6.21. The first-order chi connectivity index (χ1) is 27.5. The summed E-state index contributed by atoms with van der Waals surface area (Å²) in [4.78, 5) is 15.0. The van der Waals surface area contributed by atoms with Gasteiger partial charge in [0.2, 0.25) is 0 Å². The number of rotatable bonds is 5. The summed E-state index contributed by atoms with van der Waals surface area (Å²) in [6.07, 6.45) is 0. The summed E-state index contributed by atoms with van der Waals surface area (Å²) in [5.41, 5.74) is 13.7. The van der Waals surface area contributed by atoms with Gasteiger partial charge in [-0.1, -0.05) is 166 Å². The highest BCUT2D eigenvalue weighted by atomic mass is 15.0. The van der Waals surface area contributed by atoms with Gasteiger partial charge in [-0.15, -0.1) is 0 Å². The molecule has 4 heteroatoms. The monoisotopic (exact) mass is 716 g/mol. The van der Waals surface area contributed by atoms with Crippen molar-refractivity contribution in [1.29, 1.82) is 0 Å². The summed E-state index contributed by atoms with van der Waals surface area (Å²) in [5.74, 6) is 1.99. The normalized spacial score (nSPS) is 13.0. The minimum atomic E-state index is -0.269. The highest BCUT2D eigenvalue weighted by Gasteiger charge is 2.36. The lowest BCUT2D eigenvalue weighted by molar-refractivity contribution is 0.660. The topological polar surface area (TPSA) is 43.6 Å². The Hall–Kier alpha value is -7.17. The summed E-state index contributed by atoms with van der Waals surface area (Å²) < 4.78 is 2.47. The molecule has 0 saturated heterocycles. The number of aromatic nitrogens is 4. The van der Waals surface area contributed by atoms with E-state index in [1.807, 2.05) is 36.4 Å². The molecule has 10 aromatic rings. The van der Waals surface area contributed by atoms with Gasteiger partial charge in [0.25, 0.3) is 0 Å². The summed E-state index contributed by atoms with van der Waals surface area (Å²) in [7, 11) is 0. The quantitative estimate of drug-likeness (QED) is 0.178. The van der Waals surface area contributed by atoms with Crippen LogP contribution in [0.2, 0.25) is 0 Å². The number of nitrogens with zero attached hydrogens (tertiary/aromatic N) is 4. The van der Waals surface area contributed by atoms with Crippen LogP contribution in [0, 0.1) is 0 Å². The summed E-state index contributed by atoms with van der Waals surface area (Å²) in [6, 6.07) is 65.0. The van der Waals surface area contributed by atoms with Crippen molar-refractivity contribution in [2.75, 3.05) is 0 Å². The molecule has 0 unspecified atom stereocenters. The molecule has 0 fully saturated rings. The molecular weight excluding hydrogens is 681 g/mol. The van der Waals surface area contributed by atoms with E-state index in [1.54, 1.807) is 0 Å². The first kappa shape index (κ1) is 32.3. The average Bonchev–Trinajstić information content (AvgIpc) is 3.72. The predicted octanol–water partition coefficient (Wildman–Crippen LogP) is 13.1. The maximum Gasteiger partial charge on any atom is 0.164 e. The number of benzene rings is 8. The Balaban J connectivity index is 1.07. The van der Waals surface area contributed by atoms with E-state index in [-0.39, 0.29) is 5.41 Å². The minimum Gasteiger partial charge on any atom is -0.309 e. The molecule has 1 aliphatic rings. The molecule has 2 aromatic heterocycles. The van der Waals surface area contributed by atoms with E-state index < -0.39 is 0 Å². The van der Waals surface area contributed by atoms with Crippen LogP contribution in [0.15, 0.2) is 182 Å². The second-order valence-electron chi connectivity index (χ2n) is 15.3. The van der Waals surface area contributed by atoms with Crippen LogP contribution in [0.3, 0.4) is 0 Å². The largest absolute Gasteiger partial charge is 0.309 e. The second-order valence-corrected chi connectivity index (χ2v) is 15.3. The van der Waals surface area contributed by atoms with Crippen molar-refractivity contribution >= 4 is 32.6 Å². The smallest absolute Gasteiger partial charge is 0.164 e. The molecule has 56 heavy (non-hydrogen) atoms. The van der Waals surface area contributed by atoms with E-state index >= 15 is 0 Å². The van der Waals surface area contributed by atoms with Crippen molar-refractivity contribution in [3.05, 3.63) is 193 Å². The third kappa shape index (κ3) is 5.03. The molecule has 8 aromatic carbocycles. The fraction of sp³-hybridized carbons (Fsp3) is 0.0577. The van der Waals surface area contributed by atoms with Crippen LogP contribution in [-0.2, 0) is 5.41 Å². The van der Waals surface area contributed by atoms with Crippen molar-refractivity contribution in [2.24, 2.45) is 0 Å². The van der Waals surface area contributed by atoms with Gasteiger partial charge in [0.15, 0.2) is 17.5 Å². The minimum absolute atomic E-state index is 0.269. The third-order valence-corrected chi connectivity index (χ3v) is 11.6. The molecule has 0 amide bonds. The van der Waals surface area contributed by atoms with Gasteiger partial charge in [-0.3, -0.25) is 0 Å². The Bertz CT molecular complexity index is 3090. The zero-order valence-electron chi connectivity index (χ0n) is 31.1. The average molecular weight is 717 g/mol.